The Hall–Kier alpha value is -2.50. The van der Waals surface area contributed by atoms with Crippen molar-refractivity contribution in [1.82, 2.24) is 4.98 Å². The molecule has 1 unspecified atom stereocenters. The first-order valence-corrected chi connectivity index (χ1v) is 5.70. The largest absolute Gasteiger partial charge is 0.371 e. The second-order valence-corrected chi connectivity index (χ2v) is 3.97. The van der Waals surface area contributed by atoms with Crippen LogP contribution in [0.25, 0.3) is 0 Å². The molecular weight excluding hydrogens is 249 g/mol. The minimum absolute atomic E-state index is 0.297. The number of halogens is 1. The molecule has 1 aromatic heterocycles. The molecule has 0 aliphatic carbocycles. The van der Waals surface area contributed by atoms with E-state index in [1.165, 1.54) is 24.3 Å². The lowest BCUT2D eigenvalue weighted by Crippen LogP contribution is -2.21. The van der Waals surface area contributed by atoms with Gasteiger partial charge in [-0.25, -0.2) is 4.39 Å². The zero-order valence-corrected chi connectivity index (χ0v) is 9.99. The van der Waals surface area contributed by atoms with Crippen LogP contribution in [0.3, 0.4) is 0 Å². The summed E-state index contributed by atoms with van der Waals surface area (Å²) >= 11 is 0. The van der Waals surface area contributed by atoms with Crippen molar-refractivity contribution in [2.45, 2.75) is 6.04 Å². The molecule has 6 heteroatoms. The number of hydrogen-bond acceptors (Lipinski definition) is 4. The van der Waals surface area contributed by atoms with Crippen LogP contribution < -0.4 is 5.32 Å². The summed E-state index contributed by atoms with van der Waals surface area (Å²) in [5, 5.41) is 13.7. The second-order valence-electron chi connectivity index (χ2n) is 3.97. The lowest BCUT2D eigenvalue weighted by atomic mass is 10.1. The smallest absolute Gasteiger partial charge is 0.229 e. The molecule has 0 spiro atoms. The summed E-state index contributed by atoms with van der Waals surface area (Å²) in [7, 11) is 0. The van der Waals surface area contributed by atoms with Gasteiger partial charge in [-0.1, -0.05) is 6.07 Å². The Labute approximate surface area is 109 Å². The van der Waals surface area contributed by atoms with Crippen molar-refractivity contribution < 1.29 is 9.31 Å². The first-order chi connectivity index (χ1) is 9.15. The van der Waals surface area contributed by atoms with Gasteiger partial charge in [0.15, 0.2) is 0 Å². The molecule has 0 bridgehead atoms. The molecule has 2 rings (SSSR count). The summed E-state index contributed by atoms with van der Waals surface area (Å²) < 4.78 is 12.8. The van der Waals surface area contributed by atoms with E-state index in [1.54, 1.807) is 24.4 Å². The Morgan fingerprint density at radius 3 is 2.58 bits per heavy atom. The number of rotatable bonds is 5. The lowest BCUT2D eigenvalue weighted by molar-refractivity contribution is -0.482. The van der Waals surface area contributed by atoms with Crippen LogP contribution in [0.1, 0.15) is 11.7 Å². The van der Waals surface area contributed by atoms with Crippen LogP contribution in [0, 0.1) is 15.9 Å². The van der Waals surface area contributed by atoms with Gasteiger partial charge in [0.25, 0.3) is 0 Å². The Morgan fingerprint density at radius 2 is 2.00 bits per heavy atom. The average Bonchev–Trinajstić information content (AvgIpc) is 2.41. The topological polar surface area (TPSA) is 68.1 Å². The highest BCUT2D eigenvalue weighted by molar-refractivity contribution is 5.44. The third-order valence-electron chi connectivity index (χ3n) is 2.56. The fraction of sp³-hybridized carbons (Fsp3) is 0.154. The Morgan fingerprint density at radius 1 is 1.26 bits per heavy atom. The van der Waals surface area contributed by atoms with Crippen LogP contribution in [-0.2, 0) is 0 Å². The Kier molecular flexibility index (Phi) is 4.02. The zero-order chi connectivity index (χ0) is 13.7. The fourth-order valence-electron chi connectivity index (χ4n) is 1.69. The third kappa shape index (κ3) is 3.74. The monoisotopic (exact) mass is 261 g/mol. The molecule has 0 aliphatic heterocycles. The molecule has 1 atom stereocenters. The van der Waals surface area contributed by atoms with Crippen LogP contribution in [0.4, 0.5) is 10.1 Å². The maximum atomic E-state index is 12.8. The summed E-state index contributed by atoms with van der Waals surface area (Å²) in [5.41, 5.74) is 1.18. The van der Waals surface area contributed by atoms with Crippen molar-refractivity contribution in [1.29, 1.82) is 0 Å². The molecule has 0 radical (unpaired) electrons. The van der Waals surface area contributed by atoms with E-state index in [0.717, 1.165) is 0 Å². The number of aromatic nitrogens is 1. The number of benzene rings is 1. The highest BCUT2D eigenvalue weighted by Gasteiger charge is 2.18. The van der Waals surface area contributed by atoms with Crippen LogP contribution in [0.5, 0.6) is 0 Å². The molecule has 1 N–H and O–H groups in total. The van der Waals surface area contributed by atoms with E-state index in [4.69, 9.17) is 0 Å². The standard InChI is InChI=1S/C13H12FN3O2/c14-10-4-6-11(7-5-10)16-13(9-17(18)19)12-3-1-2-8-15-12/h1-8,13,16H,9H2. The van der Waals surface area contributed by atoms with E-state index in [0.29, 0.717) is 11.4 Å². The van der Waals surface area contributed by atoms with Crippen molar-refractivity contribution in [2.75, 3.05) is 11.9 Å². The van der Waals surface area contributed by atoms with Crippen molar-refractivity contribution in [3.05, 3.63) is 70.3 Å². The van der Waals surface area contributed by atoms with E-state index in [2.05, 4.69) is 10.3 Å². The molecule has 0 saturated carbocycles. The molecule has 0 fully saturated rings. The SMILES string of the molecule is O=[N+]([O-])CC(Nc1ccc(F)cc1)c1ccccn1. The summed E-state index contributed by atoms with van der Waals surface area (Å²) in [6.45, 7) is -0.297. The van der Waals surface area contributed by atoms with E-state index in [-0.39, 0.29) is 12.4 Å². The number of nitrogens with zero attached hydrogens (tertiary/aromatic N) is 2. The predicted molar refractivity (Wildman–Crippen MR) is 68.9 cm³/mol. The van der Waals surface area contributed by atoms with Gasteiger partial charge in [0.05, 0.1) is 5.69 Å². The zero-order valence-electron chi connectivity index (χ0n) is 9.99. The summed E-state index contributed by atoms with van der Waals surface area (Å²) in [4.78, 5) is 14.4. The van der Waals surface area contributed by atoms with Crippen molar-refractivity contribution >= 4 is 5.69 Å². The van der Waals surface area contributed by atoms with Gasteiger partial charge in [-0.05, 0) is 36.4 Å². The number of hydrogen-bond donors (Lipinski definition) is 1. The lowest BCUT2D eigenvalue weighted by Gasteiger charge is -2.15. The van der Waals surface area contributed by atoms with Crippen LogP contribution in [0.15, 0.2) is 48.7 Å². The van der Waals surface area contributed by atoms with Crippen LogP contribution in [-0.4, -0.2) is 16.5 Å². The fourth-order valence-corrected chi connectivity index (χ4v) is 1.69. The van der Waals surface area contributed by atoms with E-state index in [9.17, 15) is 14.5 Å². The van der Waals surface area contributed by atoms with Gasteiger partial charge in [-0.15, -0.1) is 0 Å². The van der Waals surface area contributed by atoms with Gasteiger partial charge in [-0.3, -0.25) is 15.1 Å². The number of pyridine rings is 1. The molecule has 1 aromatic carbocycles. The maximum absolute atomic E-state index is 12.8. The number of nitro groups is 1. The molecule has 0 aliphatic rings. The van der Waals surface area contributed by atoms with Gasteiger partial charge in [-0.2, -0.15) is 0 Å². The van der Waals surface area contributed by atoms with E-state index in [1.807, 2.05) is 0 Å². The second kappa shape index (κ2) is 5.90. The first-order valence-electron chi connectivity index (χ1n) is 5.70. The Balaban J connectivity index is 2.19. The van der Waals surface area contributed by atoms with Gasteiger partial charge in [0, 0.05) is 16.8 Å². The van der Waals surface area contributed by atoms with E-state index >= 15 is 0 Å². The van der Waals surface area contributed by atoms with E-state index < -0.39 is 11.0 Å². The minimum atomic E-state index is -0.554. The molecule has 1 heterocycles. The third-order valence-corrected chi connectivity index (χ3v) is 2.56. The van der Waals surface area contributed by atoms with Crippen molar-refractivity contribution in [2.24, 2.45) is 0 Å². The molecule has 98 valence electrons. The maximum Gasteiger partial charge on any atom is 0.229 e. The highest BCUT2D eigenvalue weighted by atomic mass is 19.1. The normalized spacial score (nSPS) is 11.8. The van der Waals surface area contributed by atoms with Gasteiger partial charge in [0.2, 0.25) is 6.54 Å². The molecule has 2 aromatic rings. The summed E-state index contributed by atoms with van der Waals surface area (Å²) in [6.07, 6.45) is 1.58. The van der Waals surface area contributed by atoms with Gasteiger partial charge in [0.1, 0.15) is 11.9 Å². The number of anilines is 1. The molecular formula is C13H12FN3O2. The minimum Gasteiger partial charge on any atom is -0.371 e. The molecule has 0 saturated heterocycles. The van der Waals surface area contributed by atoms with Crippen LogP contribution in [0.2, 0.25) is 0 Å². The van der Waals surface area contributed by atoms with Gasteiger partial charge < -0.3 is 5.32 Å². The molecule has 0 amide bonds. The van der Waals surface area contributed by atoms with Gasteiger partial charge >= 0.3 is 0 Å². The van der Waals surface area contributed by atoms with Crippen molar-refractivity contribution in [3.63, 3.8) is 0 Å². The van der Waals surface area contributed by atoms with Crippen LogP contribution >= 0.6 is 0 Å². The number of nitrogens with one attached hydrogen (secondary N) is 1. The summed E-state index contributed by atoms with van der Waals surface area (Å²) in [5.74, 6) is -0.353. The Bertz CT molecular complexity index is 546. The average molecular weight is 261 g/mol. The quantitative estimate of drug-likeness (QED) is 0.663. The summed E-state index contributed by atoms with van der Waals surface area (Å²) in [6, 6.07) is 10.3. The first kappa shape index (κ1) is 12.9. The molecule has 19 heavy (non-hydrogen) atoms. The molecule has 5 nitrogen and oxygen atoms in total. The predicted octanol–water partition coefficient (Wildman–Crippen LogP) is 2.65. The van der Waals surface area contributed by atoms with Crippen molar-refractivity contribution in [3.8, 4) is 0 Å². The highest BCUT2D eigenvalue weighted by Crippen LogP contribution is 2.18.